The van der Waals surface area contributed by atoms with Crippen LogP contribution in [0.25, 0.3) is 27.9 Å². The predicted molar refractivity (Wildman–Crippen MR) is 128 cm³/mol. The van der Waals surface area contributed by atoms with Crippen molar-refractivity contribution in [3.8, 4) is 0 Å². The first-order chi connectivity index (χ1) is 14.0. The summed E-state index contributed by atoms with van der Waals surface area (Å²) in [5.74, 6) is 0. The van der Waals surface area contributed by atoms with Crippen LogP contribution in [0.1, 0.15) is 29.3 Å². The van der Waals surface area contributed by atoms with Crippen LogP contribution in [0.3, 0.4) is 0 Å². The van der Waals surface area contributed by atoms with Crippen LogP contribution in [0.2, 0.25) is 0 Å². The van der Waals surface area contributed by atoms with Crippen molar-refractivity contribution in [2.24, 2.45) is 0 Å². The molecule has 0 atom stereocenters. The lowest BCUT2D eigenvalue weighted by molar-refractivity contribution is 1.21. The van der Waals surface area contributed by atoms with Crippen LogP contribution in [0.5, 0.6) is 0 Å². The lowest BCUT2D eigenvalue weighted by Crippen LogP contribution is -2.12. The number of rotatable bonds is 5. The minimum absolute atomic E-state index is 0.883. The number of halogens is 1. The summed E-state index contributed by atoms with van der Waals surface area (Å²) in [6.07, 6.45) is 0. The summed E-state index contributed by atoms with van der Waals surface area (Å²) in [5, 5.41) is 4.81. The Labute approximate surface area is 180 Å². The number of benzene rings is 3. The van der Waals surface area contributed by atoms with Crippen molar-refractivity contribution in [3.05, 3.63) is 112 Å². The number of H-pyrrole nitrogens is 1. The normalized spacial score (nSPS) is 12.0. The second kappa shape index (κ2) is 8.14. The third-order valence-corrected chi connectivity index (χ3v) is 5.71. The molecule has 0 radical (unpaired) electrons. The van der Waals surface area contributed by atoms with Gasteiger partial charge in [0.1, 0.15) is 0 Å². The Hall–Kier alpha value is -3.04. The number of hydrogen-bond donors (Lipinski definition) is 2. The van der Waals surface area contributed by atoms with Gasteiger partial charge in [0.2, 0.25) is 0 Å². The van der Waals surface area contributed by atoms with Gasteiger partial charge in [-0.15, -0.1) is 0 Å². The molecule has 0 aliphatic heterocycles. The summed E-state index contributed by atoms with van der Waals surface area (Å²) in [7, 11) is 0. The molecule has 1 aromatic heterocycles. The van der Waals surface area contributed by atoms with Crippen LogP contribution >= 0.6 is 15.9 Å². The molecule has 3 aromatic carbocycles. The van der Waals surface area contributed by atoms with Gasteiger partial charge in [-0.25, -0.2) is 0 Å². The Morgan fingerprint density at radius 1 is 0.862 bits per heavy atom. The van der Waals surface area contributed by atoms with E-state index in [-0.39, 0.29) is 0 Å². The highest BCUT2D eigenvalue weighted by Gasteiger charge is 2.15. The van der Waals surface area contributed by atoms with Gasteiger partial charge in [-0.05, 0) is 48.7 Å². The van der Waals surface area contributed by atoms with E-state index < -0.39 is 0 Å². The topological polar surface area (TPSA) is 27.8 Å². The first kappa shape index (κ1) is 19.3. The zero-order valence-corrected chi connectivity index (χ0v) is 18.2. The van der Waals surface area contributed by atoms with Crippen LogP contribution < -0.4 is 5.32 Å². The summed E-state index contributed by atoms with van der Waals surface area (Å²) in [4.78, 5) is 3.47. The standard InChI is InChI=1S/C26H23BrN2/c1-17(20-9-5-4-6-10-20)26(21-13-15-22(27)16-14-21)29-19(3)25-18(2)28-24-12-8-7-11-23(24)25/h4-16,28-29H,3H2,1-2H3/b26-17+. The number of para-hydroxylation sites is 1. The van der Waals surface area contributed by atoms with Crippen LogP contribution in [-0.2, 0) is 0 Å². The number of nitrogens with one attached hydrogen (secondary N) is 2. The molecule has 0 amide bonds. The third kappa shape index (κ3) is 3.92. The highest BCUT2D eigenvalue weighted by atomic mass is 79.9. The van der Waals surface area contributed by atoms with Crippen LogP contribution in [-0.4, -0.2) is 4.98 Å². The van der Waals surface area contributed by atoms with Gasteiger partial charge in [0.25, 0.3) is 0 Å². The van der Waals surface area contributed by atoms with Gasteiger partial charge in [0.05, 0.1) is 0 Å². The molecule has 0 fully saturated rings. The Morgan fingerprint density at radius 3 is 2.24 bits per heavy atom. The Kier molecular flexibility index (Phi) is 5.41. The van der Waals surface area contributed by atoms with Crippen molar-refractivity contribution < 1.29 is 0 Å². The molecule has 0 bridgehead atoms. The number of aromatic nitrogens is 1. The average Bonchev–Trinajstić information content (AvgIpc) is 3.08. The number of hydrogen-bond acceptors (Lipinski definition) is 1. The smallest absolute Gasteiger partial charge is 0.0493 e. The molecule has 2 nitrogen and oxygen atoms in total. The van der Waals surface area contributed by atoms with Gasteiger partial charge in [-0.2, -0.15) is 0 Å². The van der Waals surface area contributed by atoms with Crippen molar-refractivity contribution in [1.82, 2.24) is 10.3 Å². The summed E-state index contributed by atoms with van der Waals surface area (Å²) in [6.45, 7) is 8.63. The first-order valence-corrected chi connectivity index (χ1v) is 10.4. The van der Waals surface area contributed by atoms with E-state index in [9.17, 15) is 0 Å². The Bertz CT molecular complexity index is 1200. The van der Waals surface area contributed by atoms with Gasteiger partial charge >= 0.3 is 0 Å². The summed E-state index contributed by atoms with van der Waals surface area (Å²) in [5.41, 5.74) is 8.76. The van der Waals surface area contributed by atoms with Crippen molar-refractivity contribution in [2.45, 2.75) is 13.8 Å². The van der Waals surface area contributed by atoms with E-state index in [2.05, 4.69) is 113 Å². The van der Waals surface area contributed by atoms with E-state index in [0.29, 0.717) is 0 Å². The molecule has 0 unspecified atom stereocenters. The minimum Gasteiger partial charge on any atom is -0.358 e. The maximum atomic E-state index is 4.39. The molecule has 0 aliphatic carbocycles. The van der Waals surface area contributed by atoms with Crippen molar-refractivity contribution >= 4 is 43.8 Å². The fourth-order valence-electron chi connectivity index (χ4n) is 3.71. The van der Waals surface area contributed by atoms with Crippen molar-refractivity contribution in [3.63, 3.8) is 0 Å². The van der Waals surface area contributed by atoms with Gasteiger partial charge in [0, 0.05) is 38.0 Å². The molecular weight excluding hydrogens is 420 g/mol. The molecule has 3 heteroatoms. The summed E-state index contributed by atoms with van der Waals surface area (Å²) < 4.78 is 1.06. The number of allylic oxidation sites excluding steroid dienone is 1. The van der Waals surface area contributed by atoms with E-state index >= 15 is 0 Å². The van der Waals surface area contributed by atoms with Crippen molar-refractivity contribution in [2.75, 3.05) is 0 Å². The van der Waals surface area contributed by atoms with E-state index in [0.717, 1.165) is 38.2 Å². The van der Waals surface area contributed by atoms with Crippen molar-refractivity contribution in [1.29, 1.82) is 0 Å². The molecule has 1 heterocycles. The lowest BCUT2D eigenvalue weighted by atomic mass is 9.99. The second-order valence-electron chi connectivity index (χ2n) is 7.15. The molecule has 4 rings (SSSR count). The second-order valence-corrected chi connectivity index (χ2v) is 8.06. The molecule has 2 N–H and O–H groups in total. The van der Waals surface area contributed by atoms with Gasteiger partial charge in [0.15, 0.2) is 0 Å². The van der Waals surface area contributed by atoms with E-state index in [1.165, 1.54) is 16.5 Å². The SMILES string of the molecule is C=C(N/C(=C(\C)c1ccccc1)c1ccc(Br)cc1)c1c(C)[nH]c2ccccc12. The zero-order chi connectivity index (χ0) is 20.4. The average molecular weight is 443 g/mol. The monoisotopic (exact) mass is 442 g/mol. The number of aryl methyl sites for hydroxylation is 1. The predicted octanol–water partition coefficient (Wildman–Crippen LogP) is 7.39. The van der Waals surface area contributed by atoms with Crippen LogP contribution in [0, 0.1) is 6.92 Å². The number of fused-ring (bicyclic) bond motifs is 1. The quantitative estimate of drug-likeness (QED) is 0.309. The fourth-order valence-corrected chi connectivity index (χ4v) is 3.97. The molecule has 4 aromatic rings. The number of aromatic amines is 1. The maximum absolute atomic E-state index is 4.39. The van der Waals surface area contributed by atoms with Gasteiger partial charge < -0.3 is 10.3 Å². The molecule has 29 heavy (non-hydrogen) atoms. The molecule has 0 saturated heterocycles. The van der Waals surface area contributed by atoms with Crippen LogP contribution in [0.4, 0.5) is 0 Å². The molecular formula is C26H23BrN2. The van der Waals surface area contributed by atoms with Gasteiger partial charge in [-0.1, -0.05) is 83.2 Å². The Balaban J connectivity index is 1.81. The van der Waals surface area contributed by atoms with E-state index in [1.807, 2.05) is 12.1 Å². The third-order valence-electron chi connectivity index (χ3n) is 5.19. The summed E-state index contributed by atoms with van der Waals surface area (Å²) in [6, 6.07) is 27.1. The minimum atomic E-state index is 0.883. The first-order valence-electron chi connectivity index (χ1n) is 9.60. The molecule has 144 valence electrons. The fraction of sp³-hybridized carbons (Fsp3) is 0.0769. The van der Waals surface area contributed by atoms with E-state index in [1.54, 1.807) is 0 Å². The largest absolute Gasteiger partial charge is 0.358 e. The van der Waals surface area contributed by atoms with Gasteiger partial charge in [-0.3, -0.25) is 0 Å². The maximum Gasteiger partial charge on any atom is 0.0493 e. The Morgan fingerprint density at radius 2 is 1.52 bits per heavy atom. The zero-order valence-electron chi connectivity index (χ0n) is 16.6. The summed E-state index contributed by atoms with van der Waals surface area (Å²) >= 11 is 3.54. The molecule has 0 saturated carbocycles. The highest BCUT2D eigenvalue weighted by molar-refractivity contribution is 9.10. The molecule has 0 aliphatic rings. The lowest BCUT2D eigenvalue weighted by Gasteiger charge is -2.18. The van der Waals surface area contributed by atoms with Crippen LogP contribution in [0.15, 0.2) is 89.9 Å². The van der Waals surface area contributed by atoms with E-state index in [4.69, 9.17) is 0 Å². The highest BCUT2D eigenvalue weighted by Crippen LogP contribution is 2.31. The molecule has 0 spiro atoms.